The van der Waals surface area contributed by atoms with Gasteiger partial charge in [-0.25, -0.2) is 0 Å². The van der Waals surface area contributed by atoms with E-state index in [1.165, 1.54) is 12.8 Å². The van der Waals surface area contributed by atoms with Gasteiger partial charge in [0.05, 0.1) is 0 Å². The van der Waals surface area contributed by atoms with E-state index >= 15 is 0 Å². The summed E-state index contributed by atoms with van der Waals surface area (Å²) in [6, 6.07) is 9.07. The van der Waals surface area contributed by atoms with Gasteiger partial charge in [0.1, 0.15) is 0 Å². The monoisotopic (exact) mass is 344 g/mol. The molecule has 104 valence electrons. The van der Waals surface area contributed by atoms with Crippen LogP contribution in [0.4, 0.5) is 0 Å². The first kappa shape index (κ1) is 14.8. The molecule has 2 fully saturated rings. The Morgan fingerprint density at radius 1 is 1.16 bits per heavy atom. The van der Waals surface area contributed by atoms with E-state index in [4.69, 9.17) is 0 Å². The number of hydrogen-bond donors (Lipinski definition) is 2. The van der Waals surface area contributed by atoms with E-state index in [-0.39, 0.29) is 18.3 Å². The van der Waals surface area contributed by atoms with Crippen LogP contribution in [0.15, 0.2) is 28.7 Å². The van der Waals surface area contributed by atoms with Crippen molar-refractivity contribution in [2.45, 2.75) is 43.8 Å². The summed E-state index contributed by atoms with van der Waals surface area (Å²) in [6.45, 7) is 0. The predicted molar refractivity (Wildman–Crippen MR) is 81.8 cm³/mol. The van der Waals surface area contributed by atoms with E-state index in [1.807, 2.05) is 24.3 Å². The SMILES string of the molecule is Cl.O=C(NC1CC2CCC(C1)N2)c1ccc(Br)cc1. The van der Waals surface area contributed by atoms with Crippen LogP contribution in [0.2, 0.25) is 0 Å². The van der Waals surface area contributed by atoms with Gasteiger partial charge in [-0.05, 0) is 49.9 Å². The Morgan fingerprint density at radius 3 is 2.32 bits per heavy atom. The van der Waals surface area contributed by atoms with Crippen molar-refractivity contribution < 1.29 is 4.79 Å². The molecule has 0 radical (unpaired) electrons. The van der Waals surface area contributed by atoms with Crippen LogP contribution in [0.25, 0.3) is 0 Å². The standard InChI is InChI=1S/C14H17BrN2O.ClH/c15-10-3-1-9(2-4-10)14(18)17-13-7-11-5-6-12(8-13)16-11;/h1-4,11-13,16H,5-8H2,(H,17,18);1H. The molecule has 2 N–H and O–H groups in total. The number of hydrogen-bond acceptors (Lipinski definition) is 2. The second-order valence-corrected chi connectivity index (χ2v) is 6.20. The highest BCUT2D eigenvalue weighted by Crippen LogP contribution is 2.26. The quantitative estimate of drug-likeness (QED) is 0.865. The van der Waals surface area contributed by atoms with Gasteiger partial charge in [-0.2, -0.15) is 0 Å². The van der Waals surface area contributed by atoms with Crippen molar-refractivity contribution in [2.24, 2.45) is 0 Å². The average Bonchev–Trinajstić information content (AvgIpc) is 2.69. The fourth-order valence-corrected chi connectivity index (χ4v) is 3.31. The van der Waals surface area contributed by atoms with Crippen molar-refractivity contribution in [3.8, 4) is 0 Å². The Hall–Kier alpha value is -0.580. The second kappa shape index (κ2) is 6.25. The second-order valence-electron chi connectivity index (χ2n) is 5.29. The van der Waals surface area contributed by atoms with Gasteiger partial charge in [0.2, 0.25) is 0 Å². The molecule has 19 heavy (non-hydrogen) atoms. The lowest BCUT2D eigenvalue weighted by Gasteiger charge is -2.29. The van der Waals surface area contributed by atoms with Crippen molar-refractivity contribution in [1.29, 1.82) is 0 Å². The summed E-state index contributed by atoms with van der Waals surface area (Å²) in [5, 5.41) is 6.74. The molecule has 0 aromatic heterocycles. The van der Waals surface area contributed by atoms with Crippen LogP contribution in [0.3, 0.4) is 0 Å². The third kappa shape index (κ3) is 3.50. The maximum atomic E-state index is 12.1. The van der Waals surface area contributed by atoms with Crippen LogP contribution >= 0.6 is 28.3 Å². The zero-order chi connectivity index (χ0) is 12.5. The van der Waals surface area contributed by atoms with Gasteiger partial charge in [-0.3, -0.25) is 4.79 Å². The fourth-order valence-electron chi connectivity index (χ4n) is 3.05. The molecule has 5 heteroatoms. The van der Waals surface area contributed by atoms with Crippen molar-refractivity contribution in [2.75, 3.05) is 0 Å². The van der Waals surface area contributed by atoms with E-state index in [1.54, 1.807) is 0 Å². The van der Waals surface area contributed by atoms with Crippen LogP contribution in [-0.2, 0) is 0 Å². The number of rotatable bonds is 2. The topological polar surface area (TPSA) is 41.1 Å². The molecule has 1 amide bonds. The zero-order valence-electron chi connectivity index (χ0n) is 10.6. The predicted octanol–water partition coefficient (Wildman–Crippen LogP) is 2.88. The molecule has 2 aliphatic heterocycles. The summed E-state index contributed by atoms with van der Waals surface area (Å²) in [5.41, 5.74) is 0.740. The molecule has 1 aromatic rings. The van der Waals surface area contributed by atoms with Crippen LogP contribution in [0, 0.1) is 0 Å². The van der Waals surface area contributed by atoms with Crippen molar-refractivity contribution in [1.82, 2.24) is 10.6 Å². The number of amides is 1. The average molecular weight is 346 g/mol. The number of nitrogens with one attached hydrogen (secondary N) is 2. The highest BCUT2D eigenvalue weighted by atomic mass is 79.9. The molecule has 2 saturated heterocycles. The number of carbonyl (C=O) groups excluding carboxylic acids is 1. The Labute approximate surface area is 128 Å². The van der Waals surface area contributed by atoms with Crippen LogP contribution < -0.4 is 10.6 Å². The third-order valence-corrected chi connectivity index (χ3v) is 4.44. The van der Waals surface area contributed by atoms with Gasteiger partial charge in [-0.15, -0.1) is 12.4 Å². The van der Waals surface area contributed by atoms with E-state index in [9.17, 15) is 4.79 Å². The Bertz CT molecular complexity index is 439. The molecule has 2 bridgehead atoms. The first-order chi connectivity index (χ1) is 8.70. The molecular formula is C14H18BrClN2O. The van der Waals surface area contributed by atoms with E-state index in [2.05, 4.69) is 26.6 Å². The zero-order valence-corrected chi connectivity index (χ0v) is 13.0. The molecular weight excluding hydrogens is 328 g/mol. The van der Waals surface area contributed by atoms with Crippen LogP contribution in [0.5, 0.6) is 0 Å². The Balaban J connectivity index is 0.00000133. The van der Waals surface area contributed by atoms with Crippen LogP contribution in [-0.4, -0.2) is 24.0 Å². The Morgan fingerprint density at radius 2 is 1.74 bits per heavy atom. The first-order valence-electron chi connectivity index (χ1n) is 6.53. The molecule has 2 atom stereocenters. The first-order valence-corrected chi connectivity index (χ1v) is 7.32. The van der Waals surface area contributed by atoms with E-state index in [0.29, 0.717) is 18.1 Å². The van der Waals surface area contributed by atoms with Gasteiger partial charge in [-0.1, -0.05) is 15.9 Å². The summed E-state index contributed by atoms with van der Waals surface area (Å²) in [7, 11) is 0. The number of carbonyl (C=O) groups is 1. The third-order valence-electron chi connectivity index (χ3n) is 3.91. The molecule has 0 saturated carbocycles. The lowest BCUT2D eigenvalue weighted by Crippen LogP contribution is -2.48. The minimum absolute atomic E-state index is 0. The van der Waals surface area contributed by atoms with E-state index < -0.39 is 0 Å². The number of piperidine rings is 1. The summed E-state index contributed by atoms with van der Waals surface area (Å²) >= 11 is 3.38. The molecule has 0 spiro atoms. The Kier molecular flexibility index (Phi) is 4.87. The van der Waals surface area contributed by atoms with Crippen molar-refractivity contribution in [3.05, 3.63) is 34.3 Å². The number of benzene rings is 1. The van der Waals surface area contributed by atoms with Crippen LogP contribution in [0.1, 0.15) is 36.0 Å². The van der Waals surface area contributed by atoms with Crippen molar-refractivity contribution in [3.63, 3.8) is 0 Å². The number of fused-ring (bicyclic) bond motifs is 2. The minimum atomic E-state index is 0. The number of halogens is 2. The van der Waals surface area contributed by atoms with Crippen molar-refractivity contribution >= 4 is 34.2 Å². The highest BCUT2D eigenvalue weighted by molar-refractivity contribution is 9.10. The molecule has 1 aromatic carbocycles. The summed E-state index contributed by atoms with van der Waals surface area (Å²) in [5.74, 6) is 0.0498. The summed E-state index contributed by atoms with van der Waals surface area (Å²) in [4.78, 5) is 12.1. The molecule has 2 heterocycles. The molecule has 3 nitrogen and oxygen atoms in total. The lowest BCUT2D eigenvalue weighted by molar-refractivity contribution is 0.0924. The van der Waals surface area contributed by atoms with Gasteiger partial charge in [0, 0.05) is 28.2 Å². The fraction of sp³-hybridized carbons (Fsp3) is 0.500. The molecule has 0 aliphatic carbocycles. The molecule has 3 rings (SSSR count). The van der Waals surface area contributed by atoms with Gasteiger partial charge in [0.15, 0.2) is 0 Å². The summed E-state index contributed by atoms with van der Waals surface area (Å²) < 4.78 is 0.999. The molecule has 2 unspecified atom stereocenters. The lowest BCUT2D eigenvalue weighted by atomic mass is 9.99. The van der Waals surface area contributed by atoms with Gasteiger partial charge >= 0.3 is 0 Å². The highest BCUT2D eigenvalue weighted by Gasteiger charge is 2.33. The smallest absolute Gasteiger partial charge is 0.251 e. The largest absolute Gasteiger partial charge is 0.349 e. The van der Waals surface area contributed by atoms with Gasteiger partial charge < -0.3 is 10.6 Å². The maximum Gasteiger partial charge on any atom is 0.251 e. The minimum Gasteiger partial charge on any atom is -0.349 e. The maximum absolute atomic E-state index is 12.1. The van der Waals surface area contributed by atoms with E-state index in [0.717, 1.165) is 22.9 Å². The normalized spacial score (nSPS) is 28.6. The van der Waals surface area contributed by atoms with Gasteiger partial charge in [0.25, 0.3) is 5.91 Å². The molecule has 2 aliphatic rings. The summed E-state index contributed by atoms with van der Waals surface area (Å²) in [6.07, 6.45) is 4.65.